The van der Waals surface area contributed by atoms with E-state index in [9.17, 15) is 18.7 Å². The summed E-state index contributed by atoms with van der Waals surface area (Å²) in [7, 11) is 0. The van der Waals surface area contributed by atoms with Crippen molar-refractivity contribution in [3.8, 4) is 0 Å². The maximum Gasteiger partial charge on any atom is 0.319 e. The van der Waals surface area contributed by atoms with Gasteiger partial charge in [0.25, 0.3) is 0 Å². The van der Waals surface area contributed by atoms with Gasteiger partial charge < -0.3 is 15.7 Å². The Balaban J connectivity index is 2.41. The summed E-state index contributed by atoms with van der Waals surface area (Å²) in [6.07, 6.45) is -0.109. The van der Waals surface area contributed by atoms with E-state index in [2.05, 4.69) is 10.6 Å². The highest BCUT2D eigenvalue weighted by Crippen LogP contribution is 2.16. The zero-order chi connectivity index (χ0) is 14.4. The number of nitrogens with one attached hydrogen (secondary N) is 2. The van der Waals surface area contributed by atoms with Gasteiger partial charge in [-0.2, -0.15) is 0 Å². The third-order valence-corrected chi connectivity index (χ3v) is 2.70. The van der Waals surface area contributed by atoms with Crippen molar-refractivity contribution < 1.29 is 18.7 Å². The molecule has 0 aliphatic heterocycles. The molecule has 0 heterocycles. The minimum Gasteiger partial charge on any atom is -0.393 e. The molecule has 106 valence electrons. The van der Waals surface area contributed by atoms with Crippen LogP contribution in [0.1, 0.15) is 20.3 Å². The fourth-order valence-electron chi connectivity index (χ4n) is 1.43. The monoisotopic (exact) mass is 272 g/mol. The molecule has 0 saturated carbocycles. The van der Waals surface area contributed by atoms with Crippen LogP contribution in [0.5, 0.6) is 0 Å². The third-order valence-electron chi connectivity index (χ3n) is 2.70. The predicted octanol–water partition coefficient (Wildman–Crippen LogP) is 2.49. The molecule has 2 amide bonds. The molecule has 0 bridgehead atoms. The second-order valence-corrected chi connectivity index (χ2v) is 4.58. The van der Waals surface area contributed by atoms with Crippen LogP contribution in [-0.4, -0.2) is 23.8 Å². The number of aliphatic hydroxyl groups is 1. The molecule has 1 unspecified atom stereocenters. The number of anilines is 1. The van der Waals surface area contributed by atoms with E-state index in [1.54, 1.807) is 0 Å². The van der Waals surface area contributed by atoms with Crippen LogP contribution in [0.15, 0.2) is 18.2 Å². The molecule has 0 aromatic heterocycles. The largest absolute Gasteiger partial charge is 0.393 e. The maximum absolute atomic E-state index is 13.3. The van der Waals surface area contributed by atoms with Gasteiger partial charge in [0.05, 0.1) is 11.8 Å². The van der Waals surface area contributed by atoms with Crippen molar-refractivity contribution in [3.63, 3.8) is 0 Å². The van der Waals surface area contributed by atoms with Crippen molar-refractivity contribution in [2.45, 2.75) is 26.4 Å². The van der Waals surface area contributed by atoms with Gasteiger partial charge in [-0.3, -0.25) is 0 Å². The molecule has 0 radical (unpaired) electrons. The molecule has 6 heteroatoms. The van der Waals surface area contributed by atoms with Crippen LogP contribution >= 0.6 is 0 Å². The van der Waals surface area contributed by atoms with Crippen LogP contribution in [0.2, 0.25) is 0 Å². The minimum absolute atomic E-state index is 0.102. The van der Waals surface area contributed by atoms with Gasteiger partial charge in [-0.15, -0.1) is 0 Å². The number of hydrogen-bond donors (Lipinski definition) is 3. The first-order valence-electron chi connectivity index (χ1n) is 6.08. The van der Waals surface area contributed by atoms with E-state index >= 15 is 0 Å². The number of urea groups is 1. The van der Waals surface area contributed by atoms with Gasteiger partial charge in [0, 0.05) is 6.54 Å². The van der Waals surface area contributed by atoms with Crippen molar-refractivity contribution in [2.24, 2.45) is 5.92 Å². The highest BCUT2D eigenvalue weighted by atomic mass is 19.2. The number of hydrogen-bond acceptors (Lipinski definition) is 2. The molecule has 0 spiro atoms. The molecule has 0 fully saturated rings. The zero-order valence-corrected chi connectivity index (χ0v) is 10.9. The molecule has 1 rings (SSSR count). The van der Waals surface area contributed by atoms with Crippen molar-refractivity contribution in [1.29, 1.82) is 0 Å². The number of carbonyl (C=O) groups is 1. The lowest BCUT2D eigenvalue weighted by molar-refractivity contribution is 0.117. The van der Waals surface area contributed by atoms with Crippen LogP contribution in [0.25, 0.3) is 0 Å². The molecule has 1 aromatic rings. The molecule has 1 atom stereocenters. The van der Waals surface area contributed by atoms with E-state index in [4.69, 9.17) is 0 Å². The van der Waals surface area contributed by atoms with Crippen LogP contribution in [0, 0.1) is 17.6 Å². The molecular weight excluding hydrogens is 254 g/mol. The predicted molar refractivity (Wildman–Crippen MR) is 68.8 cm³/mol. The van der Waals surface area contributed by atoms with E-state index in [0.717, 1.165) is 6.07 Å². The minimum atomic E-state index is -1.10. The van der Waals surface area contributed by atoms with E-state index in [1.807, 2.05) is 13.8 Å². The molecule has 1 aromatic carbocycles. The highest BCUT2D eigenvalue weighted by Gasteiger charge is 2.12. The number of rotatable bonds is 5. The lowest BCUT2D eigenvalue weighted by Gasteiger charge is -2.14. The Kier molecular flexibility index (Phi) is 5.69. The van der Waals surface area contributed by atoms with Gasteiger partial charge in [0.15, 0.2) is 11.6 Å². The average Bonchev–Trinajstić information content (AvgIpc) is 2.34. The molecule has 0 aliphatic rings. The van der Waals surface area contributed by atoms with Crippen LogP contribution in [-0.2, 0) is 0 Å². The van der Waals surface area contributed by atoms with Crippen LogP contribution < -0.4 is 10.6 Å². The first-order valence-corrected chi connectivity index (χ1v) is 6.08. The van der Waals surface area contributed by atoms with Gasteiger partial charge in [-0.05, 0) is 24.5 Å². The summed E-state index contributed by atoms with van der Waals surface area (Å²) in [5.41, 5.74) is -0.220. The molecule has 19 heavy (non-hydrogen) atoms. The number of carbonyl (C=O) groups excluding carboxylic acids is 1. The molecular formula is C13H18F2N2O2. The molecule has 4 nitrogen and oxygen atoms in total. The van der Waals surface area contributed by atoms with E-state index in [-0.39, 0.29) is 18.2 Å². The number of benzene rings is 1. The second kappa shape index (κ2) is 7.04. The third kappa shape index (κ3) is 4.82. The standard InChI is InChI=1S/C13H18F2N2O2/c1-8(2)11(18)6-7-16-13(19)17-10-5-3-4-9(14)12(10)15/h3-5,8,11,18H,6-7H2,1-2H3,(H2,16,17,19). The fraction of sp³-hybridized carbons (Fsp3) is 0.462. The summed E-state index contributed by atoms with van der Waals surface area (Å²) >= 11 is 0. The summed E-state index contributed by atoms with van der Waals surface area (Å²) in [4.78, 5) is 11.4. The number of halogens is 2. The number of amides is 2. The molecule has 3 N–H and O–H groups in total. The first kappa shape index (κ1) is 15.4. The van der Waals surface area contributed by atoms with E-state index in [0.29, 0.717) is 6.42 Å². The van der Waals surface area contributed by atoms with Gasteiger partial charge in [-0.25, -0.2) is 13.6 Å². The SMILES string of the molecule is CC(C)C(O)CCNC(=O)Nc1cccc(F)c1F. The second-order valence-electron chi connectivity index (χ2n) is 4.58. The highest BCUT2D eigenvalue weighted by molar-refractivity contribution is 5.89. The quantitative estimate of drug-likeness (QED) is 0.771. The van der Waals surface area contributed by atoms with Gasteiger partial charge in [0.1, 0.15) is 0 Å². The summed E-state index contributed by atoms with van der Waals surface area (Å²) in [5.74, 6) is -2.02. The molecule has 0 saturated heterocycles. The van der Waals surface area contributed by atoms with Gasteiger partial charge >= 0.3 is 6.03 Å². The summed E-state index contributed by atoms with van der Waals surface area (Å²) in [5, 5.41) is 14.2. The van der Waals surface area contributed by atoms with Crippen molar-refractivity contribution in [3.05, 3.63) is 29.8 Å². The fourth-order valence-corrected chi connectivity index (χ4v) is 1.43. The first-order chi connectivity index (χ1) is 8.91. The normalized spacial score (nSPS) is 12.3. The van der Waals surface area contributed by atoms with Gasteiger partial charge in [-0.1, -0.05) is 19.9 Å². The Hall–Kier alpha value is -1.69. The average molecular weight is 272 g/mol. The zero-order valence-electron chi connectivity index (χ0n) is 10.9. The maximum atomic E-state index is 13.3. The van der Waals surface area contributed by atoms with Crippen molar-refractivity contribution >= 4 is 11.7 Å². The summed E-state index contributed by atoms with van der Waals surface area (Å²) in [6.45, 7) is 3.99. The van der Waals surface area contributed by atoms with Gasteiger partial charge in [0.2, 0.25) is 0 Å². The Labute approximate surface area is 110 Å². The lowest BCUT2D eigenvalue weighted by atomic mass is 10.0. The lowest BCUT2D eigenvalue weighted by Crippen LogP contribution is -2.32. The van der Waals surface area contributed by atoms with E-state index in [1.165, 1.54) is 12.1 Å². The summed E-state index contributed by atoms with van der Waals surface area (Å²) in [6, 6.07) is 2.90. The Morgan fingerprint density at radius 3 is 2.68 bits per heavy atom. The topological polar surface area (TPSA) is 61.4 Å². The molecule has 0 aliphatic carbocycles. The number of aliphatic hydroxyl groups excluding tert-OH is 1. The van der Waals surface area contributed by atoms with Crippen molar-refractivity contribution in [2.75, 3.05) is 11.9 Å². The van der Waals surface area contributed by atoms with Crippen LogP contribution in [0.4, 0.5) is 19.3 Å². The Morgan fingerprint density at radius 2 is 2.05 bits per heavy atom. The summed E-state index contributed by atoms with van der Waals surface area (Å²) < 4.78 is 26.2. The van der Waals surface area contributed by atoms with Crippen molar-refractivity contribution in [1.82, 2.24) is 5.32 Å². The van der Waals surface area contributed by atoms with Crippen LogP contribution in [0.3, 0.4) is 0 Å². The van der Waals surface area contributed by atoms with E-state index < -0.39 is 23.8 Å². The Morgan fingerprint density at radius 1 is 1.37 bits per heavy atom. The smallest absolute Gasteiger partial charge is 0.319 e. The Bertz CT molecular complexity index is 439.